The fraction of sp³-hybridized carbons (Fsp3) is 1.00. The van der Waals surface area contributed by atoms with Crippen LogP contribution >= 0.6 is 0 Å². The maximum Gasteiger partial charge on any atom is -0.0329 e. The summed E-state index contributed by atoms with van der Waals surface area (Å²) in [7, 11) is 0. The van der Waals surface area contributed by atoms with Gasteiger partial charge in [-0.3, -0.25) is 0 Å². The van der Waals surface area contributed by atoms with E-state index in [1.165, 1.54) is 32.1 Å². The van der Waals surface area contributed by atoms with Gasteiger partial charge in [0.1, 0.15) is 0 Å². The van der Waals surface area contributed by atoms with Gasteiger partial charge >= 0.3 is 0 Å². The van der Waals surface area contributed by atoms with E-state index in [1.807, 2.05) is 0 Å². The molecule has 0 aromatic heterocycles. The van der Waals surface area contributed by atoms with Gasteiger partial charge in [0.05, 0.1) is 0 Å². The molecule has 0 aliphatic carbocycles. The maximum absolute atomic E-state index is 2.41. The van der Waals surface area contributed by atoms with Crippen molar-refractivity contribution < 1.29 is 0 Å². The minimum atomic E-state index is 0.559. The Labute approximate surface area is 78.8 Å². The zero-order chi connectivity index (χ0) is 9.61. The molecule has 0 fully saturated rings. The molecule has 0 amide bonds. The summed E-state index contributed by atoms with van der Waals surface area (Å²) in [6, 6.07) is 0. The van der Waals surface area contributed by atoms with Gasteiger partial charge in [-0.1, -0.05) is 60.3 Å². The topological polar surface area (TPSA) is 0 Å². The molecule has 1 unspecified atom stereocenters. The largest absolute Gasteiger partial charge is 0.0654 e. The molecule has 0 N–H and O–H groups in total. The van der Waals surface area contributed by atoms with Gasteiger partial charge in [0.15, 0.2) is 0 Å². The molecule has 0 nitrogen and oxygen atoms in total. The molecule has 0 aliphatic heterocycles. The molecule has 0 saturated heterocycles. The predicted molar refractivity (Wildman–Crippen MR) is 57.4 cm³/mol. The average Bonchev–Trinajstić information content (AvgIpc) is 2.05. The highest BCUT2D eigenvalue weighted by molar-refractivity contribution is 4.75. The van der Waals surface area contributed by atoms with Gasteiger partial charge in [0.2, 0.25) is 0 Å². The number of hydrogen-bond acceptors (Lipinski definition) is 0. The summed E-state index contributed by atoms with van der Waals surface area (Å²) in [6.45, 7) is 11.8. The van der Waals surface area contributed by atoms with E-state index in [0.29, 0.717) is 5.41 Å². The molecule has 0 aromatic rings. The van der Waals surface area contributed by atoms with Crippen molar-refractivity contribution in [2.75, 3.05) is 0 Å². The summed E-state index contributed by atoms with van der Waals surface area (Å²) in [4.78, 5) is 0. The number of hydrogen-bond donors (Lipinski definition) is 0. The Balaban J connectivity index is 3.95. The Kier molecular flexibility index (Phi) is 5.61. The quantitative estimate of drug-likeness (QED) is 0.545. The molecular formula is C12H26. The van der Waals surface area contributed by atoms with Gasteiger partial charge in [-0.2, -0.15) is 0 Å². The third-order valence-corrected chi connectivity index (χ3v) is 3.42. The minimum Gasteiger partial charge on any atom is -0.0654 e. The molecule has 12 heavy (non-hydrogen) atoms. The average molecular weight is 170 g/mol. The smallest absolute Gasteiger partial charge is 0.0329 e. The molecule has 1 atom stereocenters. The van der Waals surface area contributed by atoms with Crippen LogP contribution in [-0.2, 0) is 0 Å². The Hall–Kier alpha value is 0. The van der Waals surface area contributed by atoms with Gasteiger partial charge in [-0.25, -0.2) is 0 Å². The van der Waals surface area contributed by atoms with Crippen LogP contribution in [0.3, 0.4) is 0 Å². The van der Waals surface area contributed by atoms with Crippen LogP contribution in [0, 0.1) is 11.3 Å². The van der Waals surface area contributed by atoms with Crippen LogP contribution in [-0.4, -0.2) is 0 Å². The third-order valence-electron chi connectivity index (χ3n) is 3.42. The summed E-state index contributed by atoms with van der Waals surface area (Å²) >= 11 is 0. The van der Waals surface area contributed by atoms with Gasteiger partial charge in [0, 0.05) is 0 Å². The van der Waals surface area contributed by atoms with Crippen LogP contribution in [0.2, 0.25) is 0 Å². The lowest BCUT2D eigenvalue weighted by Crippen LogP contribution is -2.22. The summed E-state index contributed by atoms with van der Waals surface area (Å²) < 4.78 is 0. The molecule has 0 heteroatoms. The van der Waals surface area contributed by atoms with Crippen LogP contribution in [0.25, 0.3) is 0 Å². The number of unbranched alkanes of at least 4 members (excludes halogenated alkanes) is 1. The van der Waals surface area contributed by atoms with Crippen molar-refractivity contribution in [1.82, 2.24) is 0 Å². The van der Waals surface area contributed by atoms with Gasteiger partial charge in [-0.15, -0.1) is 0 Å². The first kappa shape index (κ1) is 12.0. The standard InChI is InChI=1S/C12H26/c1-6-9-10-11(7-2)12(4,5)8-3/h11H,6-10H2,1-5H3. The van der Waals surface area contributed by atoms with Crippen LogP contribution in [0.4, 0.5) is 0 Å². The van der Waals surface area contributed by atoms with E-state index in [9.17, 15) is 0 Å². The zero-order valence-electron chi connectivity index (χ0n) is 9.61. The maximum atomic E-state index is 2.41. The Morgan fingerprint density at radius 2 is 1.67 bits per heavy atom. The van der Waals surface area contributed by atoms with Crippen LogP contribution in [0.15, 0.2) is 0 Å². The van der Waals surface area contributed by atoms with E-state index in [-0.39, 0.29) is 0 Å². The zero-order valence-corrected chi connectivity index (χ0v) is 9.61. The lowest BCUT2D eigenvalue weighted by Gasteiger charge is -2.33. The Morgan fingerprint density at radius 1 is 1.08 bits per heavy atom. The number of rotatable bonds is 6. The first-order chi connectivity index (χ1) is 5.58. The fourth-order valence-corrected chi connectivity index (χ4v) is 1.89. The van der Waals surface area contributed by atoms with E-state index in [0.717, 1.165) is 5.92 Å². The summed E-state index contributed by atoms with van der Waals surface area (Å²) in [5.41, 5.74) is 0.559. The molecule has 0 rings (SSSR count). The predicted octanol–water partition coefficient (Wildman–Crippen LogP) is 4.64. The van der Waals surface area contributed by atoms with Crippen molar-refractivity contribution in [3.05, 3.63) is 0 Å². The minimum absolute atomic E-state index is 0.559. The van der Waals surface area contributed by atoms with Crippen LogP contribution in [0.1, 0.15) is 66.7 Å². The fourth-order valence-electron chi connectivity index (χ4n) is 1.89. The monoisotopic (exact) mass is 170 g/mol. The van der Waals surface area contributed by atoms with Gasteiger partial charge in [-0.05, 0) is 17.8 Å². The first-order valence-corrected chi connectivity index (χ1v) is 5.58. The lowest BCUT2D eigenvalue weighted by atomic mass is 9.73. The molecule has 0 radical (unpaired) electrons. The van der Waals surface area contributed by atoms with Crippen molar-refractivity contribution in [3.63, 3.8) is 0 Å². The first-order valence-electron chi connectivity index (χ1n) is 5.58. The molecule has 74 valence electrons. The highest BCUT2D eigenvalue weighted by atomic mass is 14.3. The van der Waals surface area contributed by atoms with E-state index in [4.69, 9.17) is 0 Å². The van der Waals surface area contributed by atoms with E-state index >= 15 is 0 Å². The van der Waals surface area contributed by atoms with Crippen LogP contribution in [0.5, 0.6) is 0 Å². The van der Waals surface area contributed by atoms with Crippen molar-refractivity contribution in [1.29, 1.82) is 0 Å². The highest BCUT2D eigenvalue weighted by Crippen LogP contribution is 2.35. The second-order valence-corrected chi connectivity index (χ2v) is 4.59. The second-order valence-electron chi connectivity index (χ2n) is 4.59. The molecule has 0 aromatic carbocycles. The molecule has 0 bridgehead atoms. The van der Waals surface area contributed by atoms with Gasteiger partial charge in [0.25, 0.3) is 0 Å². The molecule has 0 spiro atoms. The second kappa shape index (κ2) is 5.61. The highest BCUT2D eigenvalue weighted by Gasteiger charge is 2.25. The normalized spacial score (nSPS) is 14.8. The SMILES string of the molecule is CCCCC(CC)C(C)(C)CC. The van der Waals surface area contributed by atoms with Crippen LogP contribution < -0.4 is 0 Å². The molecule has 0 saturated carbocycles. The Morgan fingerprint density at radius 3 is 2.00 bits per heavy atom. The van der Waals surface area contributed by atoms with Gasteiger partial charge < -0.3 is 0 Å². The molecule has 0 heterocycles. The van der Waals surface area contributed by atoms with Crippen molar-refractivity contribution >= 4 is 0 Å². The summed E-state index contributed by atoms with van der Waals surface area (Å²) in [6.07, 6.45) is 6.84. The molecular weight excluding hydrogens is 144 g/mol. The van der Waals surface area contributed by atoms with E-state index in [2.05, 4.69) is 34.6 Å². The summed E-state index contributed by atoms with van der Waals surface area (Å²) in [5.74, 6) is 0.933. The van der Waals surface area contributed by atoms with E-state index in [1.54, 1.807) is 0 Å². The third kappa shape index (κ3) is 3.60. The van der Waals surface area contributed by atoms with Crippen molar-refractivity contribution in [2.24, 2.45) is 11.3 Å². The van der Waals surface area contributed by atoms with Crippen molar-refractivity contribution in [2.45, 2.75) is 66.7 Å². The van der Waals surface area contributed by atoms with Crippen molar-refractivity contribution in [3.8, 4) is 0 Å². The Bertz CT molecular complexity index is 103. The molecule has 0 aliphatic rings. The summed E-state index contributed by atoms with van der Waals surface area (Å²) in [5, 5.41) is 0. The van der Waals surface area contributed by atoms with E-state index < -0.39 is 0 Å². The lowest BCUT2D eigenvalue weighted by molar-refractivity contribution is 0.181.